The first-order chi connectivity index (χ1) is 11.2. The lowest BCUT2D eigenvalue weighted by Crippen LogP contribution is -2.40. The molecule has 0 aliphatic heterocycles. The van der Waals surface area contributed by atoms with Gasteiger partial charge >= 0.3 is 0 Å². The fourth-order valence-corrected chi connectivity index (χ4v) is 2.83. The molecule has 0 atom stereocenters. The molecule has 0 saturated carbocycles. The molecule has 0 aliphatic carbocycles. The van der Waals surface area contributed by atoms with Gasteiger partial charge in [0.2, 0.25) is 0 Å². The Hall–Kier alpha value is -0.870. The van der Waals surface area contributed by atoms with E-state index in [-0.39, 0.29) is 24.0 Å². The van der Waals surface area contributed by atoms with Crippen LogP contribution in [0.5, 0.6) is 5.75 Å². The van der Waals surface area contributed by atoms with Gasteiger partial charge in [0.25, 0.3) is 0 Å². The molecule has 2 N–H and O–H groups in total. The molecule has 0 fully saturated rings. The number of ether oxygens (including phenoxy) is 1. The van der Waals surface area contributed by atoms with Crippen LogP contribution in [0.1, 0.15) is 10.7 Å². The molecule has 0 unspecified atom stereocenters. The fourth-order valence-electron chi connectivity index (χ4n) is 1.92. The molecule has 0 bridgehead atoms. The second-order valence-electron chi connectivity index (χ2n) is 4.84. The quantitative estimate of drug-likeness (QED) is 0.251. The summed E-state index contributed by atoms with van der Waals surface area (Å²) in [5.74, 6) is 1.63. The number of rotatable bonds is 7. The molecule has 5 nitrogen and oxygen atoms in total. The fraction of sp³-hybridized carbons (Fsp3) is 0.375. The Balaban J connectivity index is 0.00000288. The van der Waals surface area contributed by atoms with Gasteiger partial charge < -0.3 is 15.4 Å². The van der Waals surface area contributed by atoms with Crippen molar-refractivity contribution in [3.05, 3.63) is 44.8 Å². The third kappa shape index (κ3) is 7.80. The molecule has 1 aromatic heterocycles. The molecule has 0 amide bonds. The van der Waals surface area contributed by atoms with Crippen LogP contribution in [0.3, 0.4) is 0 Å². The molecule has 2 aromatic rings. The van der Waals surface area contributed by atoms with Gasteiger partial charge in [-0.05, 0) is 31.2 Å². The molecule has 0 saturated heterocycles. The van der Waals surface area contributed by atoms with Crippen molar-refractivity contribution in [2.24, 2.45) is 4.99 Å². The summed E-state index contributed by atoms with van der Waals surface area (Å²) in [5.41, 5.74) is 1.12. The van der Waals surface area contributed by atoms with Gasteiger partial charge in [-0.15, -0.1) is 35.3 Å². The number of hydrogen-bond donors (Lipinski definition) is 2. The number of nitrogens with one attached hydrogen (secondary N) is 2. The summed E-state index contributed by atoms with van der Waals surface area (Å²) in [6, 6.07) is 7.80. The maximum absolute atomic E-state index is 5.66. The standard InChI is InChI=1S/C16H21BrN4OS.HI/c1-12-21-14(11-23-12)7-8-19-16(18-2)20-9-10-22-15-5-3-13(17)4-6-15;/h3-6,11H,7-10H2,1-2H3,(H2,18,19,20);1H. The monoisotopic (exact) mass is 524 g/mol. The van der Waals surface area contributed by atoms with Crippen molar-refractivity contribution in [1.82, 2.24) is 15.6 Å². The van der Waals surface area contributed by atoms with Gasteiger partial charge in [0.05, 0.1) is 17.2 Å². The zero-order valence-corrected chi connectivity index (χ0v) is 18.4. The Morgan fingerprint density at radius 3 is 2.58 bits per heavy atom. The number of benzene rings is 1. The van der Waals surface area contributed by atoms with Gasteiger partial charge in [-0.3, -0.25) is 4.99 Å². The van der Waals surface area contributed by atoms with Crippen LogP contribution in [-0.2, 0) is 6.42 Å². The zero-order valence-electron chi connectivity index (χ0n) is 13.7. The summed E-state index contributed by atoms with van der Waals surface area (Å²) in [4.78, 5) is 8.64. The first-order valence-corrected chi connectivity index (χ1v) is 9.08. The Labute approximate surface area is 172 Å². The minimum absolute atomic E-state index is 0. The third-order valence-corrected chi connectivity index (χ3v) is 4.39. The highest BCUT2D eigenvalue weighted by molar-refractivity contribution is 14.0. The van der Waals surface area contributed by atoms with Crippen molar-refractivity contribution in [3.8, 4) is 5.75 Å². The molecule has 1 aromatic carbocycles. The lowest BCUT2D eigenvalue weighted by Gasteiger charge is -2.12. The van der Waals surface area contributed by atoms with Crippen LogP contribution in [0.2, 0.25) is 0 Å². The lowest BCUT2D eigenvalue weighted by atomic mass is 10.3. The van der Waals surface area contributed by atoms with Crippen molar-refractivity contribution in [2.75, 3.05) is 26.7 Å². The number of guanidine groups is 1. The first-order valence-electron chi connectivity index (χ1n) is 7.41. The van der Waals surface area contributed by atoms with Crippen LogP contribution in [-0.4, -0.2) is 37.7 Å². The van der Waals surface area contributed by atoms with E-state index in [1.807, 2.05) is 31.2 Å². The summed E-state index contributed by atoms with van der Waals surface area (Å²) in [6.07, 6.45) is 0.889. The smallest absolute Gasteiger partial charge is 0.191 e. The Bertz CT molecular complexity index is 633. The van der Waals surface area contributed by atoms with E-state index in [0.717, 1.165) is 39.8 Å². The number of nitrogens with zero attached hydrogens (tertiary/aromatic N) is 2. The first kappa shape index (κ1) is 21.2. The molecular formula is C16H22BrIN4OS. The predicted molar refractivity (Wildman–Crippen MR) is 115 cm³/mol. The molecule has 0 spiro atoms. The molecule has 2 rings (SSSR count). The molecular weight excluding hydrogens is 503 g/mol. The number of aryl methyl sites for hydroxylation is 1. The Kier molecular flexibility index (Phi) is 10.3. The van der Waals surface area contributed by atoms with Crippen LogP contribution in [0.25, 0.3) is 0 Å². The third-order valence-electron chi connectivity index (χ3n) is 3.04. The maximum Gasteiger partial charge on any atom is 0.191 e. The topological polar surface area (TPSA) is 58.5 Å². The minimum atomic E-state index is 0. The predicted octanol–water partition coefficient (Wildman–Crippen LogP) is 3.62. The summed E-state index contributed by atoms with van der Waals surface area (Å²) >= 11 is 5.08. The van der Waals surface area contributed by atoms with E-state index in [4.69, 9.17) is 4.74 Å². The largest absolute Gasteiger partial charge is 0.492 e. The van der Waals surface area contributed by atoms with Gasteiger partial charge in [0.15, 0.2) is 5.96 Å². The highest BCUT2D eigenvalue weighted by atomic mass is 127. The van der Waals surface area contributed by atoms with E-state index in [0.29, 0.717) is 13.2 Å². The van der Waals surface area contributed by atoms with E-state index in [9.17, 15) is 0 Å². The second-order valence-corrected chi connectivity index (χ2v) is 6.81. The van der Waals surface area contributed by atoms with Crippen LogP contribution >= 0.6 is 51.2 Å². The normalized spacial score (nSPS) is 10.9. The van der Waals surface area contributed by atoms with Gasteiger partial charge in [-0.2, -0.15) is 0 Å². The Morgan fingerprint density at radius 1 is 1.25 bits per heavy atom. The van der Waals surface area contributed by atoms with Crippen LogP contribution in [0, 0.1) is 6.92 Å². The van der Waals surface area contributed by atoms with Crippen molar-refractivity contribution in [2.45, 2.75) is 13.3 Å². The molecule has 0 aliphatic rings. The summed E-state index contributed by atoms with van der Waals surface area (Å²) in [7, 11) is 1.76. The van der Waals surface area contributed by atoms with Gasteiger partial charge in [0.1, 0.15) is 12.4 Å². The van der Waals surface area contributed by atoms with Crippen molar-refractivity contribution in [1.29, 1.82) is 0 Å². The number of aromatic nitrogens is 1. The van der Waals surface area contributed by atoms with Gasteiger partial charge in [0, 0.05) is 29.9 Å². The van der Waals surface area contributed by atoms with Gasteiger partial charge in [-0.1, -0.05) is 15.9 Å². The number of hydrogen-bond acceptors (Lipinski definition) is 4. The second kappa shape index (κ2) is 11.6. The number of thiazole rings is 1. The summed E-state index contributed by atoms with van der Waals surface area (Å²) in [6.45, 7) is 4.09. The van der Waals surface area contributed by atoms with E-state index in [2.05, 4.69) is 41.9 Å². The molecule has 8 heteroatoms. The average molecular weight is 525 g/mol. The van der Waals surface area contributed by atoms with E-state index >= 15 is 0 Å². The average Bonchev–Trinajstić information content (AvgIpc) is 2.97. The van der Waals surface area contributed by atoms with Gasteiger partial charge in [-0.25, -0.2) is 4.98 Å². The van der Waals surface area contributed by atoms with E-state index in [1.54, 1.807) is 18.4 Å². The molecule has 132 valence electrons. The molecule has 24 heavy (non-hydrogen) atoms. The summed E-state index contributed by atoms with van der Waals surface area (Å²) < 4.78 is 6.70. The Morgan fingerprint density at radius 2 is 1.96 bits per heavy atom. The van der Waals surface area contributed by atoms with Crippen molar-refractivity contribution >= 4 is 57.2 Å². The highest BCUT2D eigenvalue weighted by Gasteiger charge is 2.01. The SMILES string of the molecule is CN=C(NCCOc1ccc(Br)cc1)NCCc1csc(C)n1.I. The zero-order chi connectivity index (χ0) is 16.5. The molecule has 0 radical (unpaired) electrons. The minimum Gasteiger partial charge on any atom is -0.492 e. The number of halogens is 2. The van der Waals surface area contributed by atoms with Crippen LogP contribution in [0.4, 0.5) is 0 Å². The van der Waals surface area contributed by atoms with Crippen LogP contribution in [0.15, 0.2) is 39.1 Å². The highest BCUT2D eigenvalue weighted by Crippen LogP contribution is 2.15. The van der Waals surface area contributed by atoms with E-state index < -0.39 is 0 Å². The maximum atomic E-state index is 5.66. The van der Waals surface area contributed by atoms with E-state index in [1.165, 1.54) is 0 Å². The van der Waals surface area contributed by atoms with Crippen LogP contribution < -0.4 is 15.4 Å². The lowest BCUT2D eigenvalue weighted by molar-refractivity contribution is 0.322. The van der Waals surface area contributed by atoms with Crippen molar-refractivity contribution in [3.63, 3.8) is 0 Å². The molecule has 1 heterocycles. The summed E-state index contributed by atoms with van der Waals surface area (Å²) in [5, 5.41) is 9.71. The van der Waals surface area contributed by atoms with Crippen molar-refractivity contribution < 1.29 is 4.74 Å². The number of aliphatic imine (C=N–C) groups is 1.